The first-order valence-corrected chi connectivity index (χ1v) is 6.36. The molecule has 17 heavy (non-hydrogen) atoms. The smallest absolute Gasteiger partial charge is 0.290 e. The van der Waals surface area contributed by atoms with Crippen LogP contribution in [0.5, 0.6) is 0 Å². The Morgan fingerprint density at radius 3 is 2.00 bits per heavy atom. The molecule has 0 aromatic carbocycles. The molecule has 1 rings (SSSR count). The first kappa shape index (κ1) is 14.8. The molecule has 0 aromatic rings. The number of alkyl halides is 3. The van der Waals surface area contributed by atoms with Crippen LogP contribution in [0.2, 0.25) is 0 Å². The zero-order valence-electron chi connectivity index (χ0n) is 11.4. The van der Waals surface area contributed by atoms with Crippen LogP contribution >= 0.6 is 0 Å². The molecule has 2 atom stereocenters. The third kappa shape index (κ3) is 3.60. The van der Waals surface area contributed by atoms with E-state index in [1.807, 2.05) is 34.6 Å². The normalized spacial score (nSPS) is 28.8. The van der Waals surface area contributed by atoms with Gasteiger partial charge in [-0.25, -0.2) is 0 Å². The van der Waals surface area contributed by atoms with Gasteiger partial charge in [-0.3, -0.25) is 4.90 Å². The van der Waals surface area contributed by atoms with Gasteiger partial charge >= 0.3 is 6.18 Å². The van der Waals surface area contributed by atoms with Gasteiger partial charge in [0, 0.05) is 6.04 Å². The molecule has 4 heteroatoms. The minimum Gasteiger partial charge on any atom is -0.290 e. The first-order valence-electron chi connectivity index (χ1n) is 6.36. The number of hydrogen-bond acceptors (Lipinski definition) is 1. The maximum absolute atomic E-state index is 13.1. The highest BCUT2D eigenvalue weighted by Crippen LogP contribution is 2.42. The molecule has 1 saturated heterocycles. The summed E-state index contributed by atoms with van der Waals surface area (Å²) in [5.41, 5.74) is -0.0351. The number of likely N-dealkylation sites (tertiary alicyclic amines) is 1. The van der Waals surface area contributed by atoms with Gasteiger partial charge in [0.2, 0.25) is 0 Å². The Balaban J connectivity index is 2.85. The van der Waals surface area contributed by atoms with Crippen molar-refractivity contribution in [1.82, 2.24) is 4.90 Å². The standard InChI is InChI=1S/C13H24F3N/c1-9(2)17-7-6-10(12(3,4)5)8-11(17)13(14,15)16/h9-11H,6-8H2,1-5H3/t10?,11-/m1/s1. The van der Waals surface area contributed by atoms with Crippen molar-refractivity contribution in [2.75, 3.05) is 6.54 Å². The molecule has 0 aromatic heterocycles. The molecule has 1 aliphatic rings. The summed E-state index contributed by atoms with van der Waals surface area (Å²) in [5, 5.41) is 0. The molecular formula is C13H24F3N. The van der Waals surface area contributed by atoms with Gasteiger partial charge in [-0.1, -0.05) is 20.8 Å². The lowest BCUT2D eigenvalue weighted by Gasteiger charge is -2.46. The number of hydrogen-bond donors (Lipinski definition) is 0. The fourth-order valence-electron chi connectivity index (χ4n) is 2.71. The Morgan fingerprint density at radius 2 is 1.65 bits per heavy atom. The second-order valence-corrected chi connectivity index (χ2v) is 6.48. The van der Waals surface area contributed by atoms with Crippen molar-refractivity contribution >= 4 is 0 Å². The Morgan fingerprint density at radius 1 is 1.12 bits per heavy atom. The van der Waals surface area contributed by atoms with Gasteiger partial charge < -0.3 is 0 Å². The quantitative estimate of drug-likeness (QED) is 0.678. The fourth-order valence-corrected chi connectivity index (χ4v) is 2.71. The van der Waals surface area contributed by atoms with E-state index in [-0.39, 0.29) is 23.8 Å². The van der Waals surface area contributed by atoms with Gasteiger partial charge in [0.1, 0.15) is 6.04 Å². The van der Waals surface area contributed by atoms with E-state index >= 15 is 0 Å². The lowest BCUT2D eigenvalue weighted by atomic mass is 9.73. The molecule has 1 nitrogen and oxygen atoms in total. The molecule has 0 amide bonds. The minimum atomic E-state index is -4.10. The molecule has 1 fully saturated rings. The average Bonchev–Trinajstić information content (AvgIpc) is 2.14. The van der Waals surface area contributed by atoms with Crippen molar-refractivity contribution in [3.05, 3.63) is 0 Å². The Kier molecular flexibility index (Phi) is 4.17. The molecular weight excluding hydrogens is 227 g/mol. The second-order valence-electron chi connectivity index (χ2n) is 6.48. The molecule has 0 saturated carbocycles. The van der Waals surface area contributed by atoms with Gasteiger partial charge in [0.15, 0.2) is 0 Å². The van der Waals surface area contributed by atoms with E-state index < -0.39 is 12.2 Å². The van der Waals surface area contributed by atoms with Crippen LogP contribution in [0.4, 0.5) is 13.2 Å². The maximum Gasteiger partial charge on any atom is 0.404 e. The van der Waals surface area contributed by atoms with Crippen molar-refractivity contribution in [3.8, 4) is 0 Å². The van der Waals surface area contributed by atoms with Crippen LogP contribution in [0.25, 0.3) is 0 Å². The van der Waals surface area contributed by atoms with E-state index in [1.165, 1.54) is 0 Å². The van der Waals surface area contributed by atoms with E-state index in [9.17, 15) is 13.2 Å². The molecule has 0 bridgehead atoms. The van der Waals surface area contributed by atoms with Crippen LogP contribution in [0.1, 0.15) is 47.5 Å². The molecule has 1 heterocycles. The maximum atomic E-state index is 13.1. The molecule has 0 radical (unpaired) electrons. The Labute approximate surface area is 102 Å². The predicted octanol–water partition coefficient (Wildman–Crippen LogP) is 4.08. The lowest BCUT2D eigenvalue weighted by Crippen LogP contribution is -2.54. The van der Waals surface area contributed by atoms with Crippen LogP contribution in [-0.2, 0) is 0 Å². The number of piperidine rings is 1. The summed E-state index contributed by atoms with van der Waals surface area (Å²) >= 11 is 0. The van der Waals surface area contributed by atoms with Crippen molar-refractivity contribution in [2.45, 2.75) is 65.7 Å². The summed E-state index contributed by atoms with van der Waals surface area (Å²) in [5.74, 6) is 0.157. The zero-order valence-corrected chi connectivity index (χ0v) is 11.4. The van der Waals surface area contributed by atoms with E-state index in [0.29, 0.717) is 6.54 Å². The predicted molar refractivity (Wildman–Crippen MR) is 63.9 cm³/mol. The number of rotatable bonds is 1. The fraction of sp³-hybridized carbons (Fsp3) is 1.00. The van der Waals surface area contributed by atoms with Gasteiger partial charge in [0.25, 0.3) is 0 Å². The number of nitrogens with zero attached hydrogens (tertiary/aromatic N) is 1. The van der Waals surface area contributed by atoms with E-state index in [2.05, 4.69) is 0 Å². The zero-order chi connectivity index (χ0) is 13.4. The minimum absolute atomic E-state index is 0.0351. The van der Waals surface area contributed by atoms with Crippen molar-refractivity contribution in [3.63, 3.8) is 0 Å². The third-order valence-electron chi connectivity index (χ3n) is 3.91. The molecule has 0 N–H and O–H groups in total. The van der Waals surface area contributed by atoms with Crippen LogP contribution in [-0.4, -0.2) is 29.7 Å². The first-order chi connectivity index (χ1) is 7.53. The van der Waals surface area contributed by atoms with Crippen molar-refractivity contribution in [2.24, 2.45) is 11.3 Å². The highest BCUT2D eigenvalue weighted by Gasteiger charge is 2.48. The van der Waals surface area contributed by atoms with E-state index in [0.717, 1.165) is 6.42 Å². The average molecular weight is 251 g/mol. The molecule has 1 unspecified atom stereocenters. The summed E-state index contributed by atoms with van der Waals surface area (Å²) < 4.78 is 39.2. The Hall–Kier alpha value is -0.250. The lowest BCUT2D eigenvalue weighted by molar-refractivity contribution is -0.204. The molecule has 102 valence electrons. The van der Waals surface area contributed by atoms with Gasteiger partial charge in [-0.05, 0) is 44.6 Å². The van der Waals surface area contributed by atoms with Crippen LogP contribution in [0.15, 0.2) is 0 Å². The monoisotopic (exact) mass is 251 g/mol. The highest BCUT2D eigenvalue weighted by molar-refractivity contribution is 4.91. The SMILES string of the molecule is CC(C)N1CCC(C(C)(C)C)C[C@@H]1C(F)(F)F. The number of halogens is 3. The van der Waals surface area contributed by atoms with E-state index in [4.69, 9.17) is 0 Å². The molecule has 1 aliphatic heterocycles. The molecule has 0 aliphatic carbocycles. The van der Waals surface area contributed by atoms with Crippen LogP contribution in [0, 0.1) is 11.3 Å². The van der Waals surface area contributed by atoms with Crippen LogP contribution in [0.3, 0.4) is 0 Å². The van der Waals surface area contributed by atoms with Crippen molar-refractivity contribution < 1.29 is 13.2 Å². The van der Waals surface area contributed by atoms with Gasteiger partial charge in [0.05, 0.1) is 0 Å². The Bertz CT molecular complexity index is 252. The van der Waals surface area contributed by atoms with Gasteiger partial charge in [-0.2, -0.15) is 13.2 Å². The van der Waals surface area contributed by atoms with E-state index in [1.54, 1.807) is 4.90 Å². The largest absolute Gasteiger partial charge is 0.404 e. The second kappa shape index (κ2) is 4.79. The summed E-state index contributed by atoms with van der Waals surface area (Å²) in [4.78, 5) is 1.60. The van der Waals surface area contributed by atoms with Gasteiger partial charge in [-0.15, -0.1) is 0 Å². The van der Waals surface area contributed by atoms with Crippen molar-refractivity contribution in [1.29, 1.82) is 0 Å². The third-order valence-corrected chi connectivity index (χ3v) is 3.91. The summed E-state index contributed by atoms with van der Waals surface area (Å²) in [6, 6.07) is -1.30. The summed E-state index contributed by atoms with van der Waals surface area (Å²) in [6.45, 7) is 10.4. The topological polar surface area (TPSA) is 3.24 Å². The molecule has 0 spiro atoms. The highest BCUT2D eigenvalue weighted by atomic mass is 19.4. The summed E-state index contributed by atoms with van der Waals surface area (Å²) in [6.07, 6.45) is -2.99. The summed E-state index contributed by atoms with van der Waals surface area (Å²) in [7, 11) is 0. The van der Waals surface area contributed by atoms with Crippen LogP contribution < -0.4 is 0 Å².